The van der Waals surface area contributed by atoms with Crippen molar-refractivity contribution in [3.05, 3.63) is 63.7 Å². The molecule has 0 aliphatic rings. The third kappa shape index (κ3) is 4.39. The Bertz CT molecular complexity index is 856. The number of hydrogen-bond donors (Lipinski definition) is 1. The summed E-state index contributed by atoms with van der Waals surface area (Å²) >= 11 is 0. The predicted molar refractivity (Wildman–Crippen MR) is 119 cm³/mol. The fraction of sp³-hybridized carbons (Fsp3) is 0.480. The standard InChI is InChI=1S/C25H35NO3/c1-8-16-25(28,26(9-2)10-3)22-19(6)17(4)18(5)20(7)23(22)29-24(27)21-14-12-11-13-15-21/h11-15,28H,8-10,16H2,1-7H3. The van der Waals surface area contributed by atoms with E-state index >= 15 is 0 Å². The second-order valence-electron chi connectivity index (χ2n) is 7.70. The van der Waals surface area contributed by atoms with Gasteiger partial charge < -0.3 is 9.84 Å². The van der Waals surface area contributed by atoms with E-state index in [1.807, 2.05) is 57.7 Å². The van der Waals surface area contributed by atoms with Crippen LogP contribution in [0.4, 0.5) is 0 Å². The van der Waals surface area contributed by atoms with Crippen molar-refractivity contribution >= 4 is 5.97 Å². The molecule has 0 fully saturated rings. The summed E-state index contributed by atoms with van der Waals surface area (Å²) in [7, 11) is 0. The molecular weight excluding hydrogens is 362 g/mol. The van der Waals surface area contributed by atoms with Crippen molar-refractivity contribution in [2.45, 2.75) is 67.0 Å². The molecule has 0 saturated carbocycles. The quantitative estimate of drug-likeness (QED) is 0.367. The fourth-order valence-corrected chi connectivity index (χ4v) is 4.15. The number of ether oxygens (including phenoxy) is 1. The normalized spacial score (nSPS) is 13.4. The van der Waals surface area contributed by atoms with E-state index in [0.717, 1.165) is 28.7 Å². The van der Waals surface area contributed by atoms with Crippen molar-refractivity contribution in [2.24, 2.45) is 0 Å². The van der Waals surface area contributed by atoms with E-state index in [0.29, 0.717) is 36.4 Å². The molecule has 1 N–H and O–H groups in total. The average molecular weight is 398 g/mol. The molecule has 0 heterocycles. The Morgan fingerprint density at radius 3 is 2.00 bits per heavy atom. The zero-order valence-electron chi connectivity index (χ0n) is 18.9. The van der Waals surface area contributed by atoms with Crippen molar-refractivity contribution in [1.82, 2.24) is 4.90 Å². The number of carbonyl (C=O) groups is 1. The van der Waals surface area contributed by atoms with E-state index in [1.165, 1.54) is 0 Å². The van der Waals surface area contributed by atoms with Crippen LogP contribution in [0, 0.1) is 27.7 Å². The van der Waals surface area contributed by atoms with Crippen molar-refractivity contribution in [2.75, 3.05) is 13.1 Å². The predicted octanol–water partition coefficient (Wildman–Crippen LogP) is 5.43. The molecule has 0 saturated heterocycles. The summed E-state index contributed by atoms with van der Waals surface area (Å²) in [5.41, 5.74) is 4.10. The lowest BCUT2D eigenvalue weighted by Gasteiger charge is -2.41. The Labute approximate surface area is 175 Å². The Balaban J connectivity index is 2.74. The van der Waals surface area contributed by atoms with Crippen LogP contribution in [0.3, 0.4) is 0 Å². The Morgan fingerprint density at radius 2 is 1.48 bits per heavy atom. The number of hydrogen-bond acceptors (Lipinski definition) is 4. The van der Waals surface area contributed by atoms with E-state index < -0.39 is 11.7 Å². The van der Waals surface area contributed by atoms with Gasteiger partial charge in [-0.3, -0.25) is 4.90 Å². The molecule has 0 aromatic heterocycles. The molecule has 0 amide bonds. The van der Waals surface area contributed by atoms with Crippen LogP contribution in [0.2, 0.25) is 0 Å². The highest BCUT2D eigenvalue weighted by Crippen LogP contribution is 2.43. The van der Waals surface area contributed by atoms with Crippen LogP contribution < -0.4 is 4.74 Å². The molecule has 2 rings (SSSR count). The summed E-state index contributed by atoms with van der Waals surface area (Å²) < 4.78 is 5.99. The highest BCUT2D eigenvalue weighted by atomic mass is 16.5. The molecule has 1 atom stereocenters. The largest absolute Gasteiger partial charge is 0.422 e. The molecule has 0 radical (unpaired) electrons. The Morgan fingerprint density at radius 1 is 0.931 bits per heavy atom. The lowest BCUT2D eigenvalue weighted by Crippen LogP contribution is -2.47. The van der Waals surface area contributed by atoms with Gasteiger partial charge in [-0.15, -0.1) is 0 Å². The molecule has 29 heavy (non-hydrogen) atoms. The van der Waals surface area contributed by atoms with Crippen LogP contribution in [0.15, 0.2) is 30.3 Å². The zero-order valence-corrected chi connectivity index (χ0v) is 18.9. The summed E-state index contributed by atoms with van der Waals surface area (Å²) in [5.74, 6) is 0.0818. The number of aliphatic hydroxyl groups is 1. The monoisotopic (exact) mass is 397 g/mol. The Hall–Kier alpha value is -2.17. The van der Waals surface area contributed by atoms with Gasteiger partial charge in [0, 0.05) is 5.56 Å². The summed E-state index contributed by atoms with van der Waals surface area (Å²) in [6.07, 6.45) is 1.37. The molecule has 2 aromatic rings. The molecule has 0 spiro atoms. The minimum atomic E-state index is -1.20. The molecular formula is C25H35NO3. The number of nitrogens with zero attached hydrogens (tertiary/aromatic N) is 1. The number of esters is 1. The van der Waals surface area contributed by atoms with Gasteiger partial charge in [-0.1, -0.05) is 45.4 Å². The average Bonchev–Trinajstić information content (AvgIpc) is 2.72. The van der Waals surface area contributed by atoms with Crippen LogP contribution in [0.25, 0.3) is 0 Å². The molecule has 4 heteroatoms. The first-order chi connectivity index (χ1) is 13.7. The van der Waals surface area contributed by atoms with Crippen LogP contribution in [0.1, 0.15) is 71.8 Å². The van der Waals surface area contributed by atoms with Gasteiger partial charge >= 0.3 is 5.97 Å². The first kappa shape index (κ1) is 23.1. The van der Waals surface area contributed by atoms with Gasteiger partial charge in [-0.2, -0.15) is 0 Å². The van der Waals surface area contributed by atoms with E-state index in [2.05, 4.69) is 13.8 Å². The third-order valence-electron chi connectivity index (χ3n) is 6.12. The Kier molecular flexibility index (Phi) is 7.61. The minimum absolute atomic E-state index is 0.406. The van der Waals surface area contributed by atoms with E-state index in [4.69, 9.17) is 4.74 Å². The first-order valence-corrected chi connectivity index (χ1v) is 10.6. The summed E-state index contributed by atoms with van der Waals surface area (Å²) in [5, 5.41) is 12.0. The van der Waals surface area contributed by atoms with Gasteiger partial charge in [-0.25, -0.2) is 4.79 Å². The van der Waals surface area contributed by atoms with E-state index in [-0.39, 0.29) is 0 Å². The van der Waals surface area contributed by atoms with Crippen molar-refractivity contribution in [3.8, 4) is 5.75 Å². The van der Waals surface area contributed by atoms with E-state index in [9.17, 15) is 9.90 Å². The highest BCUT2D eigenvalue weighted by Gasteiger charge is 2.40. The van der Waals surface area contributed by atoms with Crippen LogP contribution in [-0.2, 0) is 5.72 Å². The zero-order chi connectivity index (χ0) is 21.8. The molecule has 0 aliphatic heterocycles. The summed E-state index contributed by atoms with van der Waals surface area (Å²) in [4.78, 5) is 15.0. The smallest absolute Gasteiger partial charge is 0.343 e. The second-order valence-corrected chi connectivity index (χ2v) is 7.70. The maximum absolute atomic E-state index is 12.9. The minimum Gasteiger partial charge on any atom is -0.422 e. The fourth-order valence-electron chi connectivity index (χ4n) is 4.15. The van der Waals surface area contributed by atoms with Gasteiger partial charge in [0.25, 0.3) is 0 Å². The van der Waals surface area contributed by atoms with Gasteiger partial charge in [0.15, 0.2) is 0 Å². The number of rotatable bonds is 8. The van der Waals surface area contributed by atoms with E-state index in [1.54, 1.807) is 12.1 Å². The number of benzene rings is 2. The SMILES string of the molecule is CCCC(O)(c1c(C)c(C)c(C)c(C)c1OC(=O)c1ccccc1)N(CC)CC. The molecule has 2 aromatic carbocycles. The van der Waals surface area contributed by atoms with Crippen molar-refractivity contribution < 1.29 is 14.6 Å². The van der Waals surface area contributed by atoms with Crippen LogP contribution in [-0.4, -0.2) is 29.1 Å². The second kappa shape index (κ2) is 9.55. The van der Waals surface area contributed by atoms with Gasteiger partial charge in [0.2, 0.25) is 0 Å². The lowest BCUT2D eigenvalue weighted by molar-refractivity contribution is -0.120. The van der Waals surface area contributed by atoms with Crippen LogP contribution >= 0.6 is 0 Å². The molecule has 1 unspecified atom stereocenters. The van der Waals surface area contributed by atoms with Crippen LogP contribution in [0.5, 0.6) is 5.75 Å². The molecule has 158 valence electrons. The van der Waals surface area contributed by atoms with Gasteiger partial charge in [0.05, 0.1) is 5.56 Å². The lowest BCUT2D eigenvalue weighted by atomic mass is 9.85. The summed E-state index contributed by atoms with van der Waals surface area (Å²) in [6, 6.07) is 8.99. The maximum atomic E-state index is 12.9. The summed E-state index contributed by atoms with van der Waals surface area (Å²) in [6.45, 7) is 15.6. The van der Waals surface area contributed by atoms with Gasteiger partial charge in [0.1, 0.15) is 11.5 Å². The number of carbonyl (C=O) groups excluding carboxylic acids is 1. The van der Waals surface area contributed by atoms with Gasteiger partial charge in [-0.05, 0) is 81.6 Å². The molecule has 0 aliphatic carbocycles. The molecule has 4 nitrogen and oxygen atoms in total. The third-order valence-corrected chi connectivity index (χ3v) is 6.12. The first-order valence-electron chi connectivity index (χ1n) is 10.6. The van der Waals surface area contributed by atoms with Crippen molar-refractivity contribution in [3.63, 3.8) is 0 Å². The molecule has 0 bridgehead atoms. The maximum Gasteiger partial charge on any atom is 0.343 e. The topological polar surface area (TPSA) is 49.8 Å². The van der Waals surface area contributed by atoms with Crippen molar-refractivity contribution in [1.29, 1.82) is 0 Å². The highest BCUT2D eigenvalue weighted by molar-refractivity contribution is 5.91.